The van der Waals surface area contributed by atoms with Gasteiger partial charge in [0.1, 0.15) is 12.1 Å². The Labute approximate surface area is 141 Å². The molecule has 6 heteroatoms. The Morgan fingerprint density at radius 3 is 2.57 bits per heavy atom. The van der Waals surface area contributed by atoms with E-state index < -0.39 is 12.1 Å². The van der Waals surface area contributed by atoms with Crippen LogP contribution in [0, 0.1) is 5.92 Å². The average Bonchev–Trinajstić information content (AvgIpc) is 2.39. The number of hydrogen-bond donors (Lipinski definition) is 1. The lowest BCUT2D eigenvalue weighted by molar-refractivity contribution is -0.133. The van der Waals surface area contributed by atoms with E-state index in [0.717, 1.165) is 8.95 Å². The maximum absolute atomic E-state index is 12.8. The van der Waals surface area contributed by atoms with Crippen molar-refractivity contribution in [1.82, 2.24) is 5.32 Å². The minimum absolute atomic E-state index is 0.0606. The Morgan fingerprint density at radius 1 is 1.29 bits per heavy atom. The molecule has 2 amide bonds. The van der Waals surface area contributed by atoms with E-state index in [0.29, 0.717) is 18.0 Å². The highest BCUT2D eigenvalue weighted by atomic mass is 79.9. The molecule has 21 heavy (non-hydrogen) atoms. The summed E-state index contributed by atoms with van der Waals surface area (Å²) in [5.74, 6) is 0.155. The molecule has 114 valence electrons. The number of rotatable bonds is 3. The second-order valence-electron chi connectivity index (χ2n) is 5.67. The normalized spacial score (nSPS) is 22.7. The third-order valence-corrected chi connectivity index (χ3v) is 4.66. The molecule has 0 saturated carbocycles. The summed E-state index contributed by atoms with van der Waals surface area (Å²) in [5, 5.41) is 2.82. The first kappa shape index (κ1) is 16.5. The molecule has 0 aliphatic carbocycles. The summed E-state index contributed by atoms with van der Waals surface area (Å²) in [5.41, 5.74) is 0.713. The largest absolute Gasteiger partial charge is 0.342 e. The molecule has 0 aromatic heterocycles. The predicted octanol–water partition coefficient (Wildman–Crippen LogP) is 3.48. The molecule has 0 spiro atoms. The van der Waals surface area contributed by atoms with Gasteiger partial charge in [-0.05, 0) is 53.4 Å². The van der Waals surface area contributed by atoms with Crippen molar-refractivity contribution < 1.29 is 9.59 Å². The zero-order valence-corrected chi connectivity index (χ0v) is 15.4. The minimum Gasteiger partial charge on any atom is -0.342 e. The summed E-state index contributed by atoms with van der Waals surface area (Å²) in [6.07, 6.45) is 0.638. The van der Waals surface area contributed by atoms with E-state index in [1.807, 2.05) is 32.0 Å². The smallest absolute Gasteiger partial charge is 0.250 e. The number of anilines is 1. The zero-order valence-electron chi connectivity index (χ0n) is 12.2. The van der Waals surface area contributed by atoms with Crippen LogP contribution in [0.1, 0.15) is 27.2 Å². The summed E-state index contributed by atoms with van der Waals surface area (Å²) in [7, 11) is 0. The van der Waals surface area contributed by atoms with Crippen molar-refractivity contribution in [3.05, 3.63) is 27.1 Å². The van der Waals surface area contributed by atoms with Gasteiger partial charge in [0.05, 0.1) is 5.69 Å². The number of carbonyl (C=O) groups is 2. The van der Waals surface area contributed by atoms with Gasteiger partial charge in [-0.25, -0.2) is 0 Å². The third kappa shape index (κ3) is 3.48. The molecule has 0 bridgehead atoms. The first-order chi connectivity index (χ1) is 9.81. The van der Waals surface area contributed by atoms with Crippen LogP contribution < -0.4 is 10.2 Å². The third-order valence-electron chi connectivity index (χ3n) is 3.49. The second-order valence-corrected chi connectivity index (χ2v) is 7.44. The standard InChI is InChI=1S/C15H18Br2N2O2/c1-8(2)6-12-15(21)19(9(3)14(20)18-12)13-7-10(16)4-5-11(13)17/h4-5,7-9,12H,6H2,1-3H3,(H,18,20). The van der Waals surface area contributed by atoms with E-state index in [-0.39, 0.29) is 11.8 Å². The second kappa shape index (κ2) is 6.48. The molecule has 0 radical (unpaired) electrons. The molecule has 1 fully saturated rings. The van der Waals surface area contributed by atoms with Crippen molar-refractivity contribution in [2.45, 2.75) is 39.3 Å². The maximum Gasteiger partial charge on any atom is 0.250 e. The number of nitrogens with one attached hydrogen (secondary N) is 1. The van der Waals surface area contributed by atoms with Gasteiger partial charge < -0.3 is 5.32 Å². The number of nitrogens with zero attached hydrogens (tertiary/aromatic N) is 1. The molecular weight excluding hydrogens is 400 g/mol. The molecule has 1 heterocycles. The topological polar surface area (TPSA) is 49.4 Å². The molecule has 2 unspecified atom stereocenters. The van der Waals surface area contributed by atoms with Crippen molar-refractivity contribution in [2.24, 2.45) is 5.92 Å². The van der Waals surface area contributed by atoms with Crippen LogP contribution in [-0.4, -0.2) is 23.9 Å². The van der Waals surface area contributed by atoms with Crippen LogP contribution in [0.3, 0.4) is 0 Å². The Morgan fingerprint density at radius 2 is 1.95 bits per heavy atom. The maximum atomic E-state index is 12.8. The van der Waals surface area contributed by atoms with E-state index in [1.54, 1.807) is 11.8 Å². The number of amides is 2. The molecule has 1 aromatic carbocycles. The molecule has 2 atom stereocenters. The Kier molecular flexibility index (Phi) is 5.09. The lowest BCUT2D eigenvalue weighted by Crippen LogP contribution is -2.63. The number of hydrogen-bond acceptors (Lipinski definition) is 2. The Hall–Kier alpha value is -0.880. The van der Waals surface area contributed by atoms with Crippen molar-refractivity contribution in [1.29, 1.82) is 0 Å². The highest BCUT2D eigenvalue weighted by Crippen LogP contribution is 2.33. The first-order valence-corrected chi connectivity index (χ1v) is 8.48. The number of benzene rings is 1. The molecular formula is C15H18Br2N2O2. The summed E-state index contributed by atoms with van der Waals surface area (Å²) in [6, 6.07) is 4.62. The highest BCUT2D eigenvalue weighted by molar-refractivity contribution is 9.11. The zero-order chi connectivity index (χ0) is 15.7. The van der Waals surface area contributed by atoms with Crippen LogP contribution in [0.25, 0.3) is 0 Å². The first-order valence-electron chi connectivity index (χ1n) is 6.89. The Balaban J connectivity index is 2.41. The minimum atomic E-state index is -0.522. The number of halogens is 2. The van der Waals surface area contributed by atoms with Crippen LogP contribution in [-0.2, 0) is 9.59 Å². The van der Waals surface area contributed by atoms with Crippen LogP contribution in [0.4, 0.5) is 5.69 Å². The van der Waals surface area contributed by atoms with Gasteiger partial charge in [0.25, 0.3) is 0 Å². The summed E-state index contributed by atoms with van der Waals surface area (Å²) in [4.78, 5) is 26.5. The molecule has 1 N–H and O–H groups in total. The lowest BCUT2D eigenvalue weighted by Gasteiger charge is -2.38. The number of carbonyl (C=O) groups excluding carboxylic acids is 2. The fourth-order valence-corrected chi connectivity index (χ4v) is 3.25. The van der Waals surface area contributed by atoms with Gasteiger partial charge in [-0.15, -0.1) is 0 Å². The molecule has 1 aliphatic heterocycles. The molecule has 4 nitrogen and oxygen atoms in total. The molecule has 2 rings (SSSR count). The van der Waals surface area contributed by atoms with Crippen molar-refractivity contribution in [2.75, 3.05) is 4.90 Å². The van der Waals surface area contributed by atoms with E-state index in [1.165, 1.54) is 0 Å². The molecule has 1 saturated heterocycles. The lowest BCUT2D eigenvalue weighted by atomic mass is 9.98. The summed E-state index contributed by atoms with van der Waals surface area (Å²) >= 11 is 6.88. The predicted molar refractivity (Wildman–Crippen MR) is 90.2 cm³/mol. The SMILES string of the molecule is CC(C)CC1NC(=O)C(C)N(c2cc(Br)ccc2Br)C1=O. The number of piperazine rings is 1. The summed E-state index contributed by atoms with van der Waals surface area (Å²) < 4.78 is 1.66. The van der Waals surface area contributed by atoms with Crippen LogP contribution in [0.15, 0.2) is 27.1 Å². The molecule has 1 aromatic rings. The van der Waals surface area contributed by atoms with Gasteiger partial charge >= 0.3 is 0 Å². The monoisotopic (exact) mass is 416 g/mol. The van der Waals surface area contributed by atoms with Gasteiger partial charge in [0, 0.05) is 8.95 Å². The van der Waals surface area contributed by atoms with Crippen LogP contribution in [0.2, 0.25) is 0 Å². The van der Waals surface area contributed by atoms with Crippen molar-refractivity contribution >= 4 is 49.4 Å². The van der Waals surface area contributed by atoms with E-state index in [9.17, 15) is 9.59 Å². The highest BCUT2D eigenvalue weighted by Gasteiger charge is 2.39. The van der Waals surface area contributed by atoms with Crippen molar-refractivity contribution in [3.8, 4) is 0 Å². The Bertz CT molecular complexity index is 575. The molecule has 1 aliphatic rings. The summed E-state index contributed by atoms with van der Waals surface area (Å²) in [6.45, 7) is 5.82. The van der Waals surface area contributed by atoms with Gasteiger partial charge in [-0.1, -0.05) is 29.8 Å². The fraction of sp³-hybridized carbons (Fsp3) is 0.467. The van der Waals surface area contributed by atoms with E-state index in [2.05, 4.69) is 37.2 Å². The van der Waals surface area contributed by atoms with Crippen LogP contribution in [0.5, 0.6) is 0 Å². The van der Waals surface area contributed by atoms with Gasteiger partial charge in [0.15, 0.2) is 0 Å². The van der Waals surface area contributed by atoms with Gasteiger partial charge in [0.2, 0.25) is 11.8 Å². The van der Waals surface area contributed by atoms with E-state index >= 15 is 0 Å². The quantitative estimate of drug-likeness (QED) is 0.818. The average molecular weight is 418 g/mol. The van der Waals surface area contributed by atoms with Gasteiger partial charge in [-0.3, -0.25) is 14.5 Å². The van der Waals surface area contributed by atoms with Crippen LogP contribution >= 0.6 is 31.9 Å². The van der Waals surface area contributed by atoms with Crippen molar-refractivity contribution in [3.63, 3.8) is 0 Å². The van der Waals surface area contributed by atoms with Gasteiger partial charge in [-0.2, -0.15) is 0 Å². The fourth-order valence-electron chi connectivity index (χ4n) is 2.46. The van der Waals surface area contributed by atoms with E-state index in [4.69, 9.17) is 0 Å².